The molecular formula is C18H14N2O3S. The quantitative estimate of drug-likeness (QED) is 0.734. The summed E-state index contributed by atoms with van der Waals surface area (Å²) in [6.07, 6.45) is 1.65. The van der Waals surface area contributed by atoms with Crippen LogP contribution in [0.25, 0.3) is 10.6 Å². The van der Waals surface area contributed by atoms with Gasteiger partial charge in [-0.1, -0.05) is 18.2 Å². The van der Waals surface area contributed by atoms with Crippen molar-refractivity contribution >= 4 is 28.9 Å². The number of methoxy groups -OCH3 is 1. The Morgan fingerprint density at radius 2 is 1.83 bits per heavy atom. The van der Waals surface area contributed by atoms with E-state index in [0.717, 1.165) is 4.88 Å². The number of hydrogen-bond acceptors (Lipinski definition) is 5. The van der Waals surface area contributed by atoms with Gasteiger partial charge in [0.05, 0.1) is 34.5 Å². The van der Waals surface area contributed by atoms with E-state index < -0.39 is 5.97 Å². The number of carbonyl (C=O) groups is 2. The summed E-state index contributed by atoms with van der Waals surface area (Å²) in [7, 11) is 1.30. The van der Waals surface area contributed by atoms with Crippen molar-refractivity contribution in [2.45, 2.75) is 0 Å². The minimum atomic E-state index is -0.504. The van der Waals surface area contributed by atoms with Gasteiger partial charge in [0.25, 0.3) is 5.91 Å². The monoisotopic (exact) mass is 338 g/mol. The molecule has 0 radical (unpaired) electrons. The van der Waals surface area contributed by atoms with Gasteiger partial charge in [-0.05, 0) is 35.7 Å². The number of nitrogens with zero attached hydrogens (tertiary/aromatic N) is 1. The number of anilines is 1. The number of benzene rings is 1. The SMILES string of the molecule is COC(=O)c1ccccc1NC(=O)c1cccnc1-c1cccs1. The first kappa shape index (κ1) is 15.9. The minimum absolute atomic E-state index is 0.301. The van der Waals surface area contributed by atoms with E-state index in [4.69, 9.17) is 4.74 Å². The Morgan fingerprint density at radius 1 is 1.04 bits per heavy atom. The van der Waals surface area contributed by atoms with Gasteiger partial charge in [0.2, 0.25) is 0 Å². The van der Waals surface area contributed by atoms with Gasteiger partial charge >= 0.3 is 5.97 Å². The number of amides is 1. The molecule has 0 aliphatic heterocycles. The molecule has 3 rings (SSSR count). The lowest BCUT2D eigenvalue weighted by molar-refractivity contribution is 0.0602. The molecule has 0 spiro atoms. The van der Waals surface area contributed by atoms with Crippen LogP contribution < -0.4 is 5.32 Å². The van der Waals surface area contributed by atoms with Gasteiger partial charge in [-0.15, -0.1) is 11.3 Å². The third-order valence-corrected chi connectivity index (χ3v) is 4.26. The third kappa shape index (κ3) is 3.18. The van der Waals surface area contributed by atoms with Crippen LogP contribution in [0.2, 0.25) is 0 Å². The fourth-order valence-electron chi connectivity index (χ4n) is 2.27. The number of nitrogens with one attached hydrogen (secondary N) is 1. The molecule has 0 atom stereocenters. The smallest absolute Gasteiger partial charge is 0.339 e. The zero-order chi connectivity index (χ0) is 16.9. The Bertz CT molecular complexity index is 875. The molecule has 3 aromatic rings. The lowest BCUT2D eigenvalue weighted by atomic mass is 10.1. The predicted octanol–water partition coefficient (Wildman–Crippen LogP) is 3.85. The van der Waals surface area contributed by atoms with Gasteiger partial charge in [-0.25, -0.2) is 4.79 Å². The van der Waals surface area contributed by atoms with Gasteiger partial charge in [0.1, 0.15) is 0 Å². The van der Waals surface area contributed by atoms with Crippen LogP contribution in [0.1, 0.15) is 20.7 Å². The number of para-hydroxylation sites is 1. The lowest BCUT2D eigenvalue weighted by Crippen LogP contribution is -2.16. The van der Waals surface area contributed by atoms with E-state index in [2.05, 4.69) is 10.3 Å². The molecule has 24 heavy (non-hydrogen) atoms. The maximum Gasteiger partial charge on any atom is 0.339 e. The Hall–Kier alpha value is -2.99. The number of thiophene rings is 1. The van der Waals surface area contributed by atoms with Crippen molar-refractivity contribution in [3.63, 3.8) is 0 Å². The van der Waals surface area contributed by atoms with E-state index >= 15 is 0 Å². The number of pyridine rings is 1. The first-order chi connectivity index (χ1) is 11.7. The fourth-order valence-corrected chi connectivity index (χ4v) is 3.00. The van der Waals surface area contributed by atoms with Crippen molar-refractivity contribution in [1.82, 2.24) is 4.98 Å². The van der Waals surface area contributed by atoms with E-state index in [-0.39, 0.29) is 5.91 Å². The van der Waals surface area contributed by atoms with Crippen LogP contribution in [0, 0.1) is 0 Å². The first-order valence-corrected chi connectivity index (χ1v) is 8.06. The molecule has 1 N–H and O–H groups in total. The summed E-state index contributed by atoms with van der Waals surface area (Å²) in [5.74, 6) is -0.835. The highest BCUT2D eigenvalue weighted by molar-refractivity contribution is 7.13. The lowest BCUT2D eigenvalue weighted by Gasteiger charge is -2.11. The number of aromatic nitrogens is 1. The molecule has 1 amide bonds. The van der Waals surface area contributed by atoms with Crippen molar-refractivity contribution in [3.05, 3.63) is 71.2 Å². The normalized spacial score (nSPS) is 10.2. The van der Waals surface area contributed by atoms with Gasteiger partial charge in [-0.3, -0.25) is 9.78 Å². The van der Waals surface area contributed by atoms with Crippen molar-refractivity contribution in [2.24, 2.45) is 0 Å². The summed E-state index contributed by atoms with van der Waals surface area (Å²) in [6, 6.07) is 13.9. The molecule has 2 heterocycles. The van der Waals surface area contributed by atoms with Crippen LogP contribution in [0.3, 0.4) is 0 Å². The van der Waals surface area contributed by atoms with E-state index in [0.29, 0.717) is 22.5 Å². The second kappa shape index (κ2) is 7.06. The Labute approximate surface area is 142 Å². The third-order valence-electron chi connectivity index (χ3n) is 3.39. The summed E-state index contributed by atoms with van der Waals surface area (Å²) >= 11 is 1.51. The Balaban J connectivity index is 1.94. The molecule has 0 aliphatic rings. The highest BCUT2D eigenvalue weighted by Gasteiger charge is 2.18. The Kier molecular flexibility index (Phi) is 4.67. The second-order valence-corrected chi connectivity index (χ2v) is 5.82. The van der Waals surface area contributed by atoms with Crippen molar-refractivity contribution in [1.29, 1.82) is 0 Å². The number of hydrogen-bond donors (Lipinski definition) is 1. The summed E-state index contributed by atoms with van der Waals surface area (Å²) in [4.78, 5) is 29.7. The predicted molar refractivity (Wildman–Crippen MR) is 93.3 cm³/mol. The first-order valence-electron chi connectivity index (χ1n) is 7.18. The molecule has 1 aromatic carbocycles. The molecule has 0 saturated carbocycles. The van der Waals surface area contributed by atoms with Gasteiger partial charge in [0, 0.05) is 6.20 Å². The maximum absolute atomic E-state index is 12.7. The standard InChI is InChI=1S/C18H14N2O3S/c1-23-18(22)12-6-2-3-8-14(12)20-17(21)13-7-4-10-19-16(13)15-9-5-11-24-15/h2-11H,1H3,(H,20,21). The van der Waals surface area contributed by atoms with Crippen molar-refractivity contribution in [2.75, 3.05) is 12.4 Å². The maximum atomic E-state index is 12.7. The van der Waals surface area contributed by atoms with Gasteiger partial charge in [-0.2, -0.15) is 0 Å². The summed E-state index contributed by atoms with van der Waals surface area (Å²) in [5.41, 5.74) is 1.76. The molecule has 6 heteroatoms. The Morgan fingerprint density at radius 3 is 2.58 bits per heavy atom. The minimum Gasteiger partial charge on any atom is -0.465 e. The van der Waals surface area contributed by atoms with Gasteiger partial charge < -0.3 is 10.1 Å². The number of ether oxygens (including phenoxy) is 1. The molecule has 2 aromatic heterocycles. The van der Waals surface area contributed by atoms with E-state index in [1.807, 2.05) is 17.5 Å². The van der Waals surface area contributed by atoms with E-state index in [1.165, 1.54) is 18.4 Å². The van der Waals surface area contributed by atoms with E-state index in [1.54, 1.807) is 42.6 Å². The van der Waals surface area contributed by atoms with Crippen LogP contribution in [-0.2, 0) is 4.74 Å². The number of rotatable bonds is 4. The molecule has 0 bridgehead atoms. The number of carbonyl (C=O) groups excluding carboxylic acids is 2. The molecule has 5 nitrogen and oxygen atoms in total. The van der Waals surface area contributed by atoms with Crippen LogP contribution >= 0.6 is 11.3 Å². The highest BCUT2D eigenvalue weighted by atomic mass is 32.1. The highest BCUT2D eigenvalue weighted by Crippen LogP contribution is 2.27. The largest absolute Gasteiger partial charge is 0.465 e. The summed E-state index contributed by atoms with van der Waals surface area (Å²) in [5, 5.41) is 4.70. The molecule has 120 valence electrons. The zero-order valence-electron chi connectivity index (χ0n) is 12.9. The molecular weight excluding hydrogens is 324 g/mol. The average molecular weight is 338 g/mol. The van der Waals surface area contributed by atoms with Crippen LogP contribution in [-0.4, -0.2) is 24.0 Å². The summed E-state index contributed by atoms with van der Waals surface area (Å²) < 4.78 is 4.75. The van der Waals surface area contributed by atoms with Crippen LogP contribution in [0.15, 0.2) is 60.1 Å². The summed E-state index contributed by atoms with van der Waals surface area (Å²) in [6.45, 7) is 0. The van der Waals surface area contributed by atoms with Crippen molar-refractivity contribution < 1.29 is 14.3 Å². The average Bonchev–Trinajstić information content (AvgIpc) is 3.16. The molecule has 0 fully saturated rings. The van der Waals surface area contributed by atoms with E-state index in [9.17, 15) is 9.59 Å². The molecule has 0 unspecified atom stereocenters. The number of esters is 1. The van der Waals surface area contributed by atoms with Crippen molar-refractivity contribution in [3.8, 4) is 10.6 Å². The van der Waals surface area contributed by atoms with Gasteiger partial charge in [0.15, 0.2) is 0 Å². The molecule has 0 aliphatic carbocycles. The fraction of sp³-hybridized carbons (Fsp3) is 0.0556. The second-order valence-electron chi connectivity index (χ2n) is 4.87. The molecule has 0 saturated heterocycles. The van der Waals surface area contributed by atoms with Crippen LogP contribution in [0.5, 0.6) is 0 Å². The van der Waals surface area contributed by atoms with Crippen LogP contribution in [0.4, 0.5) is 5.69 Å². The zero-order valence-corrected chi connectivity index (χ0v) is 13.7. The topological polar surface area (TPSA) is 68.3 Å².